The van der Waals surface area contributed by atoms with Crippen LogP contribution in [0.25, 0.3) is 11.2 Å². The molecule has 0 amide bonds. The smallest absolute Gasteiger partial charge is 0.207 e. The predicted molar refractivity (Wildman–Crippen MR) is 109 cm³/mol. The Bertz CT molecular complexity index is 943. The van der Waals surface area contributed by atoms with Gasteiger partial charge in [-0.1, -0.05) is 6.92 Å². The summed E-state index contributed by atoms with van der Waals surface area (Å²) in [6, 6.07) is 11.5. The first-order valence-electron chi connectivity index (χ1n) is 9.62. The Balaban J connectivity index is 1.53. The minimum absolute atomic E-state index is 0.0600. The number of nitrogens with one attached hydrogen (secondary N) is 2. The van der Waals surface area contributed by atoms with Crippen molar-refractivity contribution in [3.63, 3.8) is 0 Å². The number of aromatic amines is 1. The van der Waals surface area contributed by atoms with Crippen molar-refractivity contribution < 1.29 is 4.79 Å². The molecular formula is C21H25N5O. The lowest BCUT2D eigenvalue weighted by molar-refractivity contribution is 0.101. The van der Waals surface area contributed by atoms with Gasteiger partial charge in [0.15, 0.2) is 11.4 Å². The van der Waals surface area contributed by atoms with Gasteiger partial charge in [0.25, 0.3) is 0 Å². The largest absolute Gasteiger partial charge is 0.356 e. The fourth-order valence-electron chi connectivity index (χ4n) is 3.22. The monoisotopic (exact) mass is 363 g/mol. The highest BCUT2D eigenvalue weighted by molar-refractivity contribution is 5.94. The number of fused-ring (bicyclic) bond motifs is 1. The first-order chi connectivity index (χ1) is 13.1. The number of imidazole rings is 1. The van der Waals surface area contributed by atoms with Crippen molar-refractivity contribution in [2.24, 2.45) is 5.92 Å². The molecule has 0 aliphatic heterocycles. The van der Waals surface area contributed by atoms with Crippen molar-refractivity contribution in [2.45, 2.75) is 33.1 Å². The highest BCUT2D eigenvalue weighted by Crippen LogP contribution is 2.31. The number of anilines is 3. The molecule has 1 saturated carbocycles. The summed E-state index contributed by atoms with van der Waals surface area (Å²) >= 11 is 0. The number of ketones is 1. The van der Waals surface area contributed by atoms with Crippen LogP contribution < -0.4 is 10.2 Å². The molecule has 1 aromatic carbocycles. The van der Waals surface area contributed by atoms with Gasteiger partial charge in [0.1, 0.15) is 5.82 Å². The second kappa shape index (κ2) is 7.39. The normalized spacial score (nSPS) is 13.7. The summed E-state index contributed by atoms with van der Waals surface area (Å²) in [5.74, 6) is 2.53. The van der Waals surface area contributed by atoms with Crippen molar-refractivity contribution in [1.29, 1.82) is 0 Å². The number of Topliss-reactive ketones (excluding diaryl/α,β-unsaturated/α-hetero) is 1. The van der Waals surface area contributed by atoms with E-state index in [1.54, 1.807) is 6.92 Å². The summed E-state index contributed by atoms with van der Waals surface area (Å²) in [6.45, 7) is 5.87. The maximum Gasteiger partial charge on any atom is 0.207 e. The number of hydrogen-bond acceptors (Lipinski definition) is 5. The minimum Gasteiger partial charge on any atom is -0.356 e. The number of carbonyl (C=O) groups is 1. The van der Waals surface area contributed by atoms with Crippen molar-refractivity contribution in [3.8, 4) is 0 Å². The molecule has 1 aliphatic rings. The van der Waals surface area contributed by atoms with Crippen LogP contribution in [0.15, 0.2) is 36.4 Å². The first-order valence-corrected chi connectivity index (χ1v) is 9.62. The standard InChI is InChI=1S/C21H25N5O/c1-3-12-26(13-15-4-5-15)19-11-10-18-20(24-19)25-21(23-18)22-17-8-6-16(7-9-17)14(2)27/h6-11,15H,3-5,12-13H2,1-2H3,(H2,22,23,24,25). The average molecular weight is 363 g/mol. The van der Waals surface area contributed by atoms with Gasteiger partial charge < -0.3 is 15.2 Å². The summed E-state index contributed by atoms with van der Waals surface area (Å²) in [5.41, 5.74) is 3.19. The van der Waals surface area contributed by atoms with E-state index >= 15 is 0 Å². The zero-order valence-electron chi connectivity index (χ0n) is 15.8. The van der Waals surface area contributed by atoms with Crippen LogP contribution in [0.2, 0.25) is 0 Å². The number of pyridine rings is 1. The molecule has 140 valence electrons. The van der Waals surface area contributed by atoms with Crippen molar-refractivity contribution >= 4 is 34.4 Å². The maximum atomic E-state index is 11.4. The Morgan fingerprint density at radius 1 is 1.19 bits per heavy atom. The zero-order chi connectivity index (χ0) is 18.8. The van der Waals surface area contributed by atoms with Crippen LogP contribution in [-0.4, -0.2) is 33.8 Å². The lowest BCUT2D eigenvalue weighted by Gasteiger charge is -2.22. The van der Waals surface area contributed by atoms with Crippen LogP contribution in [-0.2, 0) is 0 Å². The van der Waals surface area contributed by atoms with E-state index in [4.69, 9.17) is 4.98 Å². The van der Waals surface area contributed by atoms with Crippen molar-refractivity contribution in [2.75, 3.05) is 23.3 Å². The number of nitrogens with zero attached hydrogens (tertiary/aromatic N) is 3. The Hall–Kier alpha value is -2.89. The average Bonchev–Trinajstić information content (AvgIpc) is 3.39. The highest BCUT2D eigenvalue weighted by atomic mass is 16.1. The van der Waals surface area contributed by atoms with Crippen molar-refractivity contribution in [1.82, 2.24) is 15.0 Å². The van der Waals surface area contributed by atoms with Gasteiger partial charge in [-0.15, -0.1) is 0 Å². The topological polar surface area (TPSA) is 73.9 Å². The third-order valence-electron chi connectivity index (χ3n) is 4.88. The molecule has 0 atom stereocenters. The molecule has 0 spiro atoms. The number of H-pyrrole nitrogens is 1. The lowest BCUT2D eigenvalue weighted by Crippen LogP contribution is -2.27. The summed E-state index contributed by atoms with van der Waals surface area (Å²) in [7, 11) is 0. The van der Waals surface area contributed by atoms with Crippen molar-refractivity contribution in [3.05, 3.63) is 42.0 Å². The quantitative estimate of drug-likeness (QED) is 0.575. The van der Waals surface area contributed by atoms with Gasteiger partial charge in [0, 0.05) is 24.3 Å². The van der Waals surface area contributed by atoms with Gasteiger partial charge in [-0.2, -0.15) is 4.98 Å². The summed E-state index contributed by atoms with van der Waals surface area (Å²) in [5, 5.41) is 3.24. The van der Waals surface area contributed by atoms with E-state index in [1.807, 2.05) is 30.3 Å². The number of hydrogen-bond donors (Lipinski definition) is 2. The molecular weight excluding hydrogens is 338 g/mol. The number of rotatable bonds is 8. The third kappa shape index (κ3) is 4.10. The van der Waals surface area contributed by atoms with Gasteiger partial charge >= 0.3 is 0 Å². The van der Waals surface area contributed by atoms with Crippen LogP contribution in [0.4, 0.5) is 17.5 Å². The number of carbonyl (C=O) groups excluding carboxylic acids is 1. The van der Waals surface area contributed by atoms with E-state index in [0.717, 1.165) is 42.5 Å². The van der Waals surface area contributed by atoms with Crippen LogP contribution in [0.3, 0.4) is 0 Å². The van der Waals surface area contributed by atoms with E-state index < -0.39 is 0 Å². The van der Waals surface area contributed by atoms with Crippen LogP contribution in [0.5, 0.6) is 0 Å². The molecule has 0 radical (unpaired) electrons. The SMILES string of the molecule is CCCN(CC1CC1)c1ccc2[nH]c(Nc3ccc(C(C)=O)cc3)nc2n1. The predicted octanol–water partition coefficient (Wildman–Crippen LogP) is 4.53. The van der Waals surface area contributed by atoms with Gasteiger partial charge in [-0.3, -0.25) is 4.79 Å². The minimum atomic E-state index is 0.0600. The van der Waals surface area contributed by atoms with Gasteiger partial charge in [0.05, 0.1) is 5.52 Å². The first kappa shape index (κ1) is 17.5. The Kier molecular flexibility index (Phi) is 4.79. The fraction of sp³-hybridized carbons (Fsp3) is 0.381. The molecule has 2 heterocycles. The second-order valence-electron chi connectivity index (χ2n) is 7.27. The molecule has 2 N–H and O–H groups in total. The van der Waals surface area contributed by atoms with E-state index in [0.29, 0.717) is 17.2 Å². The Morgan fingerprint density at radius 2 is 1.96 bits per heavy atom. The van der Waals surface area contributed by atoms with Gasteiger partial charge in [-0.05, 0) is 68.5 Å². The molecule has 6 heteroatoms. The number of aromatic nitrogens is 3. The molecule has 0 saturated heterocycles. The maximum absolute atomic E-state index is 11.4. The molecule has 6 nitrogen and oxygen atoms in total. The van der Waals surface area contributed by atoms with Crippen LogP contribution in [0.1, 0.15) is 43.5 Å². The molecule has 2 aromatic heterocycles. The molecule has 0 unspecified atom stereocenters. The zero-order valence-corrected chi connectivity index (χ0v) is 15.8. The van der Waals surface area contributed by atoms with E-state index in [2.05, 4.69) is 33.2 Å². The lowest BCUT2D eigenvalue weighted by atomic mass is 10.1. The van der Waals surface area contributed by atoms with E-state index in [1.165, 1.54) is 12.8 Å². The third-order valence-corrected chi connectivity index (χ3v) is 4.88. The highest BCUT2D eigenvalue weighted by Gasteiger charge is 2.24. The number of benzene rings is 1. The molecule has 3 aromatic rings. The molecule has 1 fully saturated rings. The van der Waals surface area contributed by atoms with E-state index in [-0.39, 0.29) is 5.78 Å². The van der Waals surface area contributed by atoms with Gasteiger partial charge in [-0.25, -0.2) is 4.98 Å². The molecule has 27 heavy (non-hydrogen) atoms. The van der Waals surface area contributed by atoms with Crippen LogP contribution in [0, 0.1) is 5.92 Å². The molecule has 0 bridgehead atoms. The second-order valence-corrected chi connectivity index (χ2v) is 7.27. The molecule has 1 aliphatic carbocycles. The summed E-state index contributed by atoms with van der Waals surface area (Å²) in [4.78, 5) is 26.4. The fourth-order valence-corrected chi connectivity index (χ4v) is 3.22. The van der Waals surface area contributed by atoms with E-state index in [9.17, 15) is 4.79 Å². The van der Waals surface area contributed by atoms with Crippen LogP contribution >= 0.6 is 0 Å². The molecule has 4 rings (SSSR count). The summed E-state index contributed by atoms with van der Waals surface area (Å²) in [6.07, 6.45) is 3.78. The Morgan fingerprint density at radius 3 is 2.63 bits per heavy atom. The summed E-state index contributed by atoms with van der Waals surface area (Å²) < 4.78 is 0. The van der Waals surface area contributed by atoms with Gasteiger partial charge in [0.2, 0.25) is 5.95 Å². The Labute approximate surface area is 159 Å².